The molecular weight excluding hydrogens is 570 g/mol. The Bertz CT molecular complexity index is 1420. The summed E-state index contributed by atoms with van der Waals surface area (Å²) in [6.07, 6.45) is 2.11. The maximum Gasteiger partial charge on any atom is 0.264 e. The molecule has 2 amide bonds. The molecule has 0 saturated carbocycles. The minimum Gasteiger partial charge on any atom is -0.354 e. The van der Waals surface area contributed by atoms with E-state index in [0.717, 1.165) is 33.8 Å². The third kappa shape index (κ3) is 8.58. The van der Waals surface area contributed by atoms with Gasteiger partial charge in [0.25, 0.3) is 10.0 Å². The van der Waals surface area contributed by atoms with E-state index in [9.17, 15) is 18.0 Å². The fourth-order valence-corrected chi connectivity index (χ4v) is 6.14. The molecule has 0 fully saturated rings. The van der Waals surface area contributed by atoms with Crippen molar-refractivity contribution in [2.24, 2.45) is 0 Å². The van der Waals surface area contributed by atoms with Gasteiger partial charge < -0.3 is 10.2 Å². The zero-order valence-corrected chi connectivity index (χ0v) is 26.7. The van der Waals surface area contributed by atoms with Crippen molar-refractivity contribution in [3.8, 4) is 0 Å². The lowest BCUT2D eigenvalue weighted by atomic mass is 10.0. The van der Waals surface area contributed by atoms with E-state index in [-0.39, 0.29) is 23.3 Å². The van der Waals surface area contributed by atoms with E-state index in [2.05, 4.69) is 19.2 Å². The zero-order chi connectivity index (χ0) is 30.9. The second kappa shape index (κ2) is 15.2. The third-order valence-electron chi connectivity index (χ3n) is 7.22. The Morgan fingerprint density at radius 1 is 0.905 bits per heavy atom. The topological polar surface area (TPSA) is 86.8 Å². The molecule has 7 nitrogen and oxygen atoms in total. The number of hydrogen-bond donors (Lipinski definition) is 1. The average Bonchev–Trinajstić information content (AvgIpc) is 2.97. The smallest absolute Gasteiger partial charge is 0.264 e. The number of nitrogens with one attached hydrogen (secondary N) is 1. The van der Waals surface area contributed by atoms with E-state index < -0.39 is 28.5 Å². The summed E-state index contributed by atoms with van der Waals surface area (Å²) >= 11 is 6.09. The number of rotatable bonds is 14. The van der Waals surface area contributed by atoms with Gasteiger partial charge in [0.05, 0.1) is 10.6 Å². The Morgan fingerprint density at radius 2 is 1.52 bits per heavy atom. The van der Waals surface area contributed by atoms with Gasteiger partial charge in [-0.15, -0.1) is 0 Å². The number of anilines is 1. The number of carbonyl (C=O) groups excluding carboxylic acids is 2. The maximum absolute atomic E-state index is 14.2. The van der Waals surface area contributed by atoms with Crippen molar-refractivity contribution in [2.75, 3.05) is 17.4 Å². The van der Waals surface area contributed by atoms with E-state index in [1.165, 1.54) is 4.90 Å². The molecule has 226 valence electrons. The van der Waals surface area contributed by atoms with Crippen LogP contribution in [0.25, 0.3) is 0 Å². The molecular formula is C33H42ClN3O4S. The Balaban J connectivity index is 2.04. The fourth-order valence-electron chi connectivity index (χ4n) is 4.60. The number of benzene rings is 3. The van der Waals surface area contributed by atoms with Crippen molar-refractivity contribution in [3.05, 3.63) is 94.5 Å². The highest BCUT2D eigenvalue weighted by atomic mass is 35.5. The summed E-state index contributed by atoms with van der Waals surface area (Å²) in [6.45, 7) is 10.0. The Hall–Kier alpha value is -3.36. The monoisotopic (exact) mass is 611 g/mol. The van der Waals surface area contributed by atoms with E-state index in [1.54, 1.807) is 60.7 Å². The summed E-state index contributed by atoms with van der Waals surface area (Å²) in [5.41, 5.74) is 3.13. The quantitative estimate of drug-likeness (QED) is 0.206. The fraction of sp³-hybridized carbons (Fsp3) is 0.394. The number of sulfonamides is 1. The molecule has 0 spiro atoms. The van der Waals surface area contributed by atoms with Crippen molar-refractivity contribution in [1.29, 1.82) is 0 Å². The van der Waals surface area contributed by atoms with Crippen molar-refractivity contribution in [3.63, 3.8) is 0 Å². The molecule has 0 aliphatic carbocycles. The van der Waals surface area contributed by atoms with Gasteiger partial charge in [-0.3, -0.25) is 13.9 Å². The van der Waals surface area contributed by atoms with Crippen LogP contribution in [-0.2, 0) is 26.2 Å². The summed E-state index contributed by atoms with van der Waals surface area (Å²) in [4.78, 5) is 29.0. The number of carbonyl (C=O) groups is 2. The molecule has 0 aliphatic rings. The van der Waals surface area contributed by atoms with Gasteiger partial charge in [-0.2, -0.15) is 0 Å². The van der Waals surface area contributed by atoms with Crippen LogP contribution in [0.2, 0.25) is 5.02 Å². The van der Waals surface area contributed by atoms with Gasteiger partial charge in [-0.25, -0.2) is 8.42 Å². The minimum atomic E-state index is -4.11. The van der Waals surface area contributed by atoms with E-state index in [0.29, 0.717) is 23.7 Å². The Labute approximate surface area is 255 Å². The summed E-state index contributed by atoms with van der Waals surface area (Å²) in [5.74, 6) is -0.484. The van der Waals surface area contributed by atoms with Gasteiger partial charge in [-0.1, -0.05) is 87.7 Å². The van der Waals surface area contributed by atoms with E-state index in [4.69, 9.17) is 11.6 Å². The highest BCUT2D eigenvalue weighted by Gasteiger charge is 2.33. The van der Waals surface area contributed by atoms with Crippen LogP contribution in [0.4, 0.5) is 5.69 Å². The number of hydrogen-bond acceptors (Lipinski definition) is 4. The van der Waals surface area contributed by atoms with Gasteiger partial charge in [0, 0.05) is 18.1 Å². The molecule has 0 heterocycles. The first-order valence-electron chi connectivity index (χ1n) is 14.5. The van der Waals surface area contributed by atoms with Crippen LogP contribution in [0.5, 0.6) is 0 Å². The van der Waals surface area contributed by atoms with Gasteiger partial charge in [0.1, 0.15) is 12.6 Å². The first-order valence-corrected chi connectivity index (χ1v) is 16.3. The normalized spacial score (nSPS) is 12.2. The second-order valence-corrected chi connectivity index (χ2v) is 13.1. The highest BCUT2D eigenvalue weighted by Crippen LogP contribution is 2.27. The maximum atomic E-state index is 14.2. The standard InChI is InChI=1S/C33H42ClN3O4S/c1-6-8-21-35-33(39)31(7-2)36(22-26-11-15-28(34)16-12-26)32(38)23-37(29-17-13-27(14-18-29)24(3)4)42(40,41)30-19-9-25(5)10-20-30/h9-20,24,31H,6-8,21-23H2,1-5H3,(H,35,39)/t31-/m0/s1. The molecule has 3 rings (SSSR count). The lowest BCUT2D eigenvalue weighted by Gasteiger charge is -2.33. The van der Waals surface area contributed by atoms with Crippen molar-refractivity contribution in [1.82, 2.24) is 10.2 Å². The number of halogens is 1. The summed E-state index contributed by atoms with van der Waals surface area (Å²) < 4.78 is 29.2. The molecule has 1 N–H and O–H groups in total. The van der Waals surface area contributed by atoms with Crippen LogP contribution in [-0.4, -0.2) is 44.3 Å². The molecule has 0 radical (unpaired) electrons. The average molecular weight is 612 g/mol. The number of amides is 2. The molecule has 3 aromatic carbocycles. The predicted octanol–water partition coefficient (Wildman–Crippen LogP) is 6.69. The second-order valence-electron chi connectivity index (χ2n) is 10.8. The predicted molar refractivity (Wildman–Crippen MR) is 170 cm³/mol. The van der Waals surface area contributed by atoms with Crippen molar-refractivity contribution < 1.29 is 18.0 Å². The van der Waals surface area contributed by atoms with Crippen LogP contribution in [0.1, 0.15) is 69.6 Å². The van der Waals surface area contributed by atoms with Gasteiger partial charge >= 0.3 is 0 Å². The van der Waals surface area contributed by atoms with Crippen LogP contribution in [0.15, 0.2) is 77.7 Å². The SMILES string of the molecule is CCCCNC(=O)[C@H](CC)N(Cc1ccc(Cl)cc1)C(=O)CN(c1ccc(C(C)C)cc1)S(=O)(=O)c1ccc(C)cc1. The van der Waals surface area contributed by atoms with Gasteiger partial charge in [0.2, 0.25) is 11.8 Å². The lowest BCUT2D eigenvalue weighted by Crippen LogP contribution is -2.52. The summed E-state index contributed by atoms with van der Waals surface area (Å²) in [5, 5.41) is 3.50. The van der Waals surface area contributed by atoms with Gasteiger partial charge in [-0.05, 0) is 73.2 Å². The third-order valence-corrected chi connectivity index (χ3v) is 9.26. The van der Waals surface area contributed by atoms with Crippen LogP contribution < -0.4 is 9.62 Å². The number of nitrogens with zero attached hydrogens (tertiary/aromatic N) is 2. The minimum absolute atomic E-state index is 0.0856. The molecule has 1 atom stereocenters. The molecule has 9 heteroatoms. The van der Waals surface area contributed by atoms with Crippen molar-refractivity contribution in [2.45, 2.75) is 77.3 Å². The van der Waals surface area contributed by atoms with Crippen LogP contribution in [0, 0.1) is 6.92 Å². The molecule has 3 aromatic rings. The van der Waals surface area contributed by atoms with Gasteiger partial charge in [0.15, 0.2) is 0 Å². The molecule has 0 aromatic heterocycles. The largest absolute Gasteiger partial charge is 0.354 e. The molecule has 0 saturated heterocycles. The molecule has 0 bridgehead atoms. The highest BCUT2D eigenvalue weighted by molar-refractivity contribution is 7.92. The van der Waals surface area contributed by atoms with E-state index in [1.807, 2.05) is 32.9 Å². The Morgan fingerprint density at radius 3 is 2.07 bits per heavy atom. The first kappa shape index (κ1) is 33.1. The van der Waals surface area contributed by atoms with E-state index >= 15 is 0 Å². The summed E-state index contributed by atoms with van der Waals surface area (Å²) in [7, 11) is -4.11. The molecule has 0 unspecified atom stereocenters. The summed E-state index contributed by atoms with van der Waals surface area (Å²) in [6, 6.07) is 20.1. The van der Waals surface area contributed by atoms with Crippen molar-refractivity contribution >= 4 is 39.1 Å². The number of aryl methyl sites for hydroxylation is 1. The van der Waals surface area contributed by atoms with Crippen LogP contribution in [0.3, 0.4) is 0 Å². The first-order chi connectivity index (χ1) is 20.0. The lowest BCUT2D eigenvalue weighted by molar-refractivity contribution is -0.140. The zero-order valence-electron chi connectivity index (χ0n) is 25.1. The molecule has 0 aliphatic heterocycles. The molecule has 42 heavy (non-hydrogen) atoms. The number of unbranched alkanes of at least 4 members (excludes halogenated alkanes) is 1. The van der Waals surface area contributed by atoms with Crippen LogP contribution >= 0.6 is 11.6 Å². The Kier molecular flexibility index (Phi) is 12.0.